The van der Waals surface area contributed by atoms with Gasteiger partial charge in [-0.15, -0.1) is 11.3 Å². The van der Waals surface area contributed by atoms with Crippen molar-refractivity contribution in [1.82, 2.24) is 10.3 Å². The average molecular weight is 290 g/mol. The molecule has 0 spiro atoms. The second-order valence-electron chi connectivity index (χ2n) is 4.90. The molecule has 1 aromatic heterocycles. The zero-order chi connectivity index (χ0) is 13.8. The van der Waals surface area contributed by atoms with Crippen molar-refractivity contribution in [3.05, 3.63) is 40.3 Å². The van der Waals surface area contributed by atoms with Crippen molar-refractivity contribution in [1.29, 1.82) is 0 Å². The van der Waals surface area contributed by atoms with Crippen LogP contribution in [0.1, 0.15) is 24.1 Å². The minimum Gasteiger partial charge on any atom is -0.497 e. The van der Waals surface area contributed by atoms with Gasteiger partial charge in [-0.3, -0.25) is 0 Å². The molecule has 0 radical (unpaired) electrons. The highest BCUT2D eigenvalue weighted by Gasteiger charge is 2.20. The zero-order valence-corrected chi connectivity index (χ0v) is 12.3. The fourth-order valence-electron chi connectivity index (χ4n) is 1.94. The summed E-state index contributed by atoms with van der Waals surface area (Å²) in [5, 5.41) is 5.51. The first kappa shape index (κ1) is 13.4. The van der Waals surface area contributed by atoms with Gasteiger partial charge in [-0.25, -0.2) is 4.98 Å². The van der Waals surface area contributed by atoms with E-state index >= 15 is 0 Å². The minimum absolute atomic E-state index is 0.493. The summed E-state index contributed by atoms with van der Waals surface area (Å²) >= 11 is 1.58. The van der Waals surface area contributed by atoms with Crippen LogP contribution in [-0.4, -0.2) is 18.1 Å². The molecule has 1 heterocycles. The molecule has 3 rings (SSSR count). The predicted octanol–water partition coefficient (Wildman–Crippen LogP) is 2.98. The summed E-state index contributed by atoms with van der Waals surface area (Å²) in [7, 11) is 1.67. The highest BCUT2D eigenvalue weighted by atomic mass is 32.1. The Bertz CT molecular complexity index is 553. The number of hydrogen-bond donors (Lipinski definition) is 1. The summed E-state index contributed by atoms with van der Waals surface area (Å²) in [6.07, 6.45) is 2.57. The number of aromatic nitrogens is 1. The van der Waals surface area contributed by atoms with Crippen LogP contribution in [0.2, 0.25) is 0 Å². The van der Waals surface area contributed by atoms with E-state index < -0.39 is 0 Å². The molecule has 4 nitrogen and oxygen atoms in total. The lowest BCUT2D eigenvalue weighted by molar-refractivity contribution is 0.295. The molecule has 1 aliphatic rings. The van der Waals surface area contributed by atoms with Gasteiger partial charge in [0.2, 0.25) is 0 Å². The lowest BCUT2D eigenvalue weighted by Gasteiger charge is -2.13. The first-order valence-electron chi connectivity index (χ1n) is 6.75. The van der Waals surface area contributed by atoms with Gasteiger partial charge in [-0.1, -0.05) is 6.07 Å². The molecule has 0 amide bonds. The summed E-state index contributed by atoms with van der Waals surface area (Å²) in [6, 6.07) is 6.66. The second kappa shape index (κ2) is 6.24. The number of benzene rings is 1. The normalized spacial score (nSPS) is 14.2. The maximum atomic E-state index is 5.90. The van der Waals surface area contributed by atoms with E-state index in [9.17, 15) is 0 Å². The van der Waals surface area contributed by atoms with Crippen molar-refractivity contribution in [2.45, 2.75) is 32.0 Å². The van der Waals surface area contributed by atoms with Crippen molar-refractivity contribution in [3.63, 3.8) is 0 Å². The number of nitrogens with zero attached hydrogens (tertiary/aromatic N) is 1. The topological polar surface area (TPSA) is 43.4 Å². The third-order valence-electron chi connectivity index (χ3n) is 3.29. The summed E-state index contributed by atoms with van der Waals surface area (Å²) in [4.78, 5) is 4.23. The molecule has 5 heteroatoms. The fraction of sp³-hybridized carbons (Fsp3) is 0.400. The van der Waals surface area contributed by atoms with Crippen molar-refractivity contribution in [2.24, 2.45) is 0 Å². The van der Waals surface area contributed by atoms with Gasteiger partial charge < -0.3 is 14.8 Å². The summed E-state index contributed by atoms with van der Waals surface area (Å²) < 4.78 is 11.2. The Labute approximate surface area is 122 Å². The molecule has 1 saturated carbocycles. The Morgan fingerprint density at radius 1 is 1.40 bits per heavy atom. The molecular weight excluding hydrogens is 272 g/mol. The molecule has 0 aliphatic heterocycles. The van der Waals surface area contributed by atoms with E-state index in [1.54, 1.807) is 18.4 Å². The Morgan fingerprint density at radius 3 is 3.00 bits per heavy atom. The number of methoxy groups -OCH3 is 1. The maximum absolute atomic E-state index is 5.90. The van der Waals surface area contributed by atoms with E-state index in [0.29, 0.717) is 12.6 Å². The summed E-state index contributed by atoms with van der Waals surface area (Å²) in [6.45, 7) is 1.33. The molecule has 2 aromatic rings. The van der Waals surface area contributed by atoms with Gasteiger partial charge in [0, 0.05) is 29.6 Å². The van der Waals surface area contributed by atoms with Crippen molar-refractivity contribution < 1.29 is 9.47 Å². The highest BCUT2D eigenvalue weighted by molar-refractivity contribution is 7.07. The van der Waals surface area contributed by atoms with E-state index in [1.165, 1.54) is 12.8 Å². The number of nitrogens with one attached hydrogen (secondary N) is 1. The van der Waals surface area contributed by atoms with Gasteiger partial charge in [0.25, 0.3) is 0 Å². The van der Waals surface area contributed by atoms with E-state index in [0.717, 1.165) is 29.3 Å². The third-order valence-corrected chi connectivity index (χ3v) is 3.93. The zero-order valence-electron chi connectivity index (χ0n) is 11.5. The number of rotatable bonds is 7. The van der Waals surface area contributed by atoms with Crippen LogP contribution in [0, 0.1) is 0 Å². The fourth-order valence-corrected chi connectivity index (χ4v) is 2.49. The largest absolute Gasteiger partial charge is 0.497 e. The molecule has 20 heavy (non-hydrogen) atoms. The van der Waals surface area contributed by atoms with E-state index in [2.05, 4.69) is 16.4 Å². The van der Waals surface area contributed by atoms with Crippen LogP contribution in [0.3, 0.4) is 0 Å². The SMILES string of the molecule is COc1ccc(CNC2CC2)c(OCc2cscn2)c1. The lowest BCUT2D eigenvalue weighted by Crippen LogP contribution is -2.16. The van der Waals surface area contributed by atoms with Gasteiger partial charge in [-0.05, 0) is 18.9 Å². The van der Waals surface area contributed by atoms with Crippen LogP contribution in [0.25, 0.3) is 0 Å². The molecule has 0 unspecified atom stereocenters. The molecule has 0 saturated heterocycles. The van der Waals surface area contributed by atoms with Crippen molar-refractivity contribution in [2.75, 3.05) is 7.11 Å². The Kier molecular flexibility index (Phi) is 4.18. The first-order chi connectivity index (χ1) is 9.85. The van der Waals surface area contributed by atoms with Crippen LogP contribution in [0.15, 0.2) is 29.1 Å². The Morgan fingerprint density at radius 2 is 2.30 bits per heavy atom. The van der Waals surface area contributed by atoms with Crippen LogP contribution >= 0.6 is 11.3 Å². The molecule has 106 valence electrons. The summed E-state index contributed by atoms with van der Waals surface area (Å²) in [5.74, 6) is 1.68. The van der Waals surface area contributed by atoms with Gasteiger partial charge in [-0.2, -0.15) is 0 Å². The third kappa shape index (κ3) is 3.49. The molecule has 1 aliphatic carbocycles. The second-order valence-corrected chi connectivity index (χ2v) is 5.62. The molecule has 1 aromatic carbocycles. The van der Waals surface area contributed by atoms with Gasteiger partial charge >= 0.3 is 0 Å². The highest BCUT2D eigenvalue weighted by Crippen LogP contribution is 2.27. The Hall–Kier alpha value is -1.59. The van der Waals surface area contributed by atoms with E-state index in [1.807, 2.05) is 23.0 Å². The van der Waals surface area contributed by atoms with Gasteiger partial charge in [0.05, 0.1) is 18.3 Å². The molecule has 1 N–H and O–H groups in total. The van der Waals surface area contributed by atoms with Gasteiger partial charge in [0.1, 0.15) is 18.1 Å². The van der Waals surface area contributed by atoms with Crippen molar-refractivity contribution >= 4 is 11.3 Å². The van der Waals surface area contributed by atoms with Crippen LogP contribution in [0.5, 0.6) is 11.5 Å². The standard InChI is InChI=1S/C15H18N2O2S/c1-18-14-5-2-11(7-16-12-3-4-12)15(6-14)19-8-13-9-20-10-17-13/h2,5-6,9-10,12,16H,3-4,7-8H2,1H3. The molecule has 0 bridgehead atoms. The quantitative estimate of drug-likeness (QED) is 0.851. The monoisotopic (exact) mass is 290 g/mol. The van der Waals surface area contributed by atoms with Crippen LogP contribution in [0.4, 0.5) is 0 Å². The maximum Gasteiger partial charge on any atom is 0.131 e. The van der Waals surface area contributed by atoms with Gasteiger partial charge in [0.15, 0.2) is 0 Å². The summed E-state index contributed by atoms with van der Waals surface area (Å²) in [5.41, 5.74) is 3.94. The van der Waals surface area contributed by atoms with Crippen molar-refractivity contribution in [3.8, 4) is 11.5 Å². The predicted molar refractivity (Wildman–Crippen MR) is 79.3 cm³/mol. The lowest BCUT2D eigenvalue weighted by atomic mass is 10.2. The average Bonchev–Trinajstić information content (AvgIpc) is 3.17. The Balaban J connectivity index is 1.70. The van der Waals surface area contributed by atoms with E-state index in [4.69, 9.17) is 9.47 Å². The molecule has 1 fully saturated rings. The van der Waals surface area contributed by atoms with Crippen LogP contribution in [-0.2, 0) is 13.2 Å². The number of ether oxygens (including phenoxy) is 2. The first-order valence-corrected chi connectivity index (χ1v) is 7.69. The smallest absolute Gasteiger partial charge is 0.131 e. The number of thiazole rings is 1. The molecule has 0 atom stereocenters. The minimum atomic E-state index is 0.493. The number of hydrogen-bond acceptors (Lipinski definition) is 5. The van der Waals surface area contributed by atoms with E-state index in [-0.39, 0.29) is 0 Å². The molecular formula is C15H18N2O2S. The van der Waals surface area contributed by atoms with Crippen LogP contribution < -0.4 is 14.8 Å².